The largest absolute Gasteiger partial charge is 0.355 e. The Morgan fingerprint density at radius 2 is 1.50 bits per heavy atom. The second-order valence-corrected chi connectivity index (χ2v) is 12.1. The summed E-state index contributed by atoms with van der Waals surface area (Å²) >= 11 is 0. The van der Waals surface area contributed by atoms with Gasteiger partial charge in [-0.3, -0.25) is 4.79 Å². The van der Waals surface area contributed by atoms with Gasteiger partial charge in [0.05, 0.1) is 11.5 Å². The first-order valence-electron chi connectivity index (χ1n) is 10.9. The first kappa shape index (κ1) is 18.8. The van der Waals surface area contributed by atoms with Crippen molar-refractivity contribution in [1.82, 2.24) is 5.32 Å². The van der Waals surface area contributed by atoms with Crippen molar-refractivity contribution in [1.29, 1.82) is 0 Å². The van der Waals surface area contributed by atoms with E-state index in [4.69, 9.17) is 0 Å². The van der Waals surface area contributed by atoms with Gasteiger partial charge in [0.2, 0.25) is 5.91 Å². The molecule has 4 nitrogen and oxygen atoms in total. The van der Waals surface area contributed by atoms with Crippen LogP contribution >= 0.6 is 0 Å². The van der Waals surface area contributed by atoms with Gasteiger partial charge in [0.15, 0.2) is 0 Å². The van der Waals surface area contributed by atoms with Crippen molar-refractivity contribution in [3.8, 4) is 0 Å². The molecule has 1 amide bonds. The van der Waals surface area contributed by atoms with Gasteiger partial charge in [0.25, 0.3) is 0 Å². The average Bonchev–Trinajstić information content (AvgIpc) is 3.39. The third-order valence-corrected chi connectivity index (χ3v) is 9.92. The maximum Gasteiger partial charge on any atom is 0.223 e. The molecule has 0 bridgehead atoms. The molecule has 0 aromatic carbocycles. The highest BCUT2D eigenvalue weighted by Gasteiger charge is 2.59. The third-order valence-electron chi connectivity index (χ3n) is 8.26. The summed E-state index contributed by atoms with van der Waals surface area (Å²) in [5, 5.41) is 3.36. The molecular weight excluding hydrogens is 346 g/mol. The molecule has 5 heteroatoms. The molecule has 26 heavy (non-hydrogen) atoms. The number of sulfone groups is 1. The lowest BCUT2D eigenvalue weighted by molar-refractivity contribution is -0.124. The fraction of sp³-hybridized carbons (Fsp3) is 0.952. The van der Waals surface area contributed by atoms with Crippen molar-refractivity contribution in [2.45, 2.75) is 83.5 Å². The molecule has 148 valence electrons. The molecule has 1 saturated heterocycles. The zero-order valence-electron chi connectivity index (χ0n) is 16.1. The minimum absolute atomic E-state index is 0.0139. The highest BCUT2D eigenvalue weighted by Crippen LogP contribution is 2.60. The molecule has 1 spiro atoms. The molecule has 3 saturated carbocycles. The Morgan fingerprint density at radius 1 is 0.885 bits per heavy atom. The van der Waals surface area contributed by atoms with E-state index in [0.29, 0.717) is 18.3 Å². The summed E-state index contributed by atoms with van der Waals surface area (Å²) in [4.78, 5) is 12.8. The van der Waals surface area contributed by atoms with Crippen molar-refractivity contribution < 1.29 is 13.2 Å². The second-order valence-electron chi connectivity index (χ2n) is 9.75. The minimum Gasteiger partial charge on any atom is -0.355 e. The predicted octanol–water partition coefficient (Wildman–Crippen LogP) is 3.85. The number of nitrogens with one attached hydrogen (secondary N) is 1. The van der Waals surface area contributed by atoms with E-state index in [1.807, 2.05) is 0 Å². The number of hydrogen-bond donors (Lipinski definition) is 1. The highest BCUT2D eigenvalue weighted by atomic mass is 32.2. The van der Waals surface area contributed by atoms with Gasteiger partial charge < -0.3 is 5.32 Å². The Hall–Kier alpha value is -0.580. The second kappa shape index (κ2) is 7.10. The molecular formula is C21H35NO3S. The third kappa shape index (κ3) is 3.70. The lowest BCUT2D eigenvalue weighted by atomic mass is 9.61. The minimum atomic E-state index is -2.85. The molecule has 4 rings (SSSR count). The van der Waals surface area contributed by atoms with Gasteiger partial charge in [-0.1, -0.05) is 38.5 Å². The normalized spacial score (nSPS) is 32.8. The Morgan fingerprint density at radius 3 is 2.15 bits per heavy atom. The molecule has 1 aliphatic heterocycles. The summed E-state index contributed by atoms with van der Waals surface area (Å²) in [7, 11) is -2.85. The van der Waals surface area contributed by atoms with Crippen LogP contribution in [0.4, 0.5) is 0 Å². The molecule has 3 aliphatic carbocycles. The van der Waals surface area contributed by atoms with Crippen molar-refractivity contribution in [3.63, 3.8) is 0 Å². The van der Waals surface area contributed by atoms with E-state index >= 15 is 0 Å². The summed E-state index contributed by atoms with van der Waals surface area (Å²) in [5.41, 5.74) is 0.353. The van der Waals surface area contributed by atoms with Crippen LogP contribution in [0.2, 0.25) is 0 Å². The fourth-order valence-corrected chi connectivity index (χ4v) is 7.94. The molecule has 1 atom stereocenters. The van der Waals surface area contributed by atoms with Gasteiger partial charge in [-0.05, 0) is 61.7 Å². The number of carbonyl (C=O) groups excluding carboxylic acids is 1. The Bertz CT molecular complexity index is 616. The lowest BCUT2D eigenvalue weighted by Gasteiger charge is -2.45. The molecule has 1 heterocycles. The number of hydrogen-bond acceptors (Lipinski definition) is 3. The van der Waals surface area contributed by atoms with Gasteiger partial charge in [-0.2, -0.15) is 0 Å². The molecule has 0 aromatic rings. The number of rotatable bonds is 4. The molecule has 0 unspecified atom stereocenters. The summed E-state index contributed by atoms with van der Waals surface area (Å²) in [6.07, 6.45) is 15.7. The zero-order valence-corrected chi connectivity index (χ0v) is 16.9. The van der Waals surface area contributed by atoms with Gasteiger partial charge in [-0.25, -0.2) is 8.42 Å². The van der Waals surface area contributed by atoms with Gasteiger partial charge >= 0.3 is 0 Å². The maximum atomic E-state index is 12.8. The van der Waals surface area contributed by atoms with Gasteiger partial charge in [0, 0.05) is 12.5 Å². The number of carbonyl (C=O) groups is 1. The maximum absolute atomic E-state index is 12.8. The van der Waals surface area contributed by atoms with Crippen molar-refractivity contribution in [3.05, 3.63) is 0 Å². The molecule has 4 fully saturated rings. The lowest BCUT2D eigenvalue weighted by Crippen LogP contribution is -2.45. The van der Waals surface area contributed by atoms with Crippen molar-refractivity contribution in [2.75, 3.05) is 18.1 Å². The van der Waals surface area contributed by atoms with Gasteiger partial charge in [0.1, 0.15) is 9.84 Å². The van der Waals surface area contributed by atoms with E-state index in [-0.39, 0.29) is 28.7 Å². The van der Waals surface area contributed by atoms with E-state index in [2.05, 4.69) is 5.32 Å². The SMILES string of the molecule is O=C(NCC1(C2CCCCC2)CCCCC1)[C@@H]1CC12CCS(=O)(=O)CC2. The van der Waals surface area contributed by atoms with E-state index < -0.39 is 9.84 Å². The first-order valence-corrected chi connectivity index (χ1v) is 12.8. The summed E-state index contributed by atoms with van der Waals surface area (Å²) in [5.74, 6) is 1.64. The molecule has 0 radical (unpaired) electrons. The standard InChI is InChI=1S/C21H35NO3S/c23-19(18-15-20(18)11-13-26(24,25)14-12-20)22-16-21(9-5-2-6-10-21)17-7-3-1-4-8-17/h17-18H,1-16H2,(H,22,23)/t18-/m0/s1. The molecule has 4 aliphatic rings. The van der Waals surface area contributed by atoms with E-state index in [1.165, 1.54) is 64.2 Å². The topological polar surface area (TPSA) is 63.2 Å². The molecule has 0 aromatic heterocycles. The molecule has 1 N–H and O–H groups in total. The number of amides is 1. The van der Waals surface area contributed by atoms with Crippen LogP contribution in [0.25, 0.3) is 0 Å². The Kier molecular flexibility index (Phi) is 5.13. The fourth-order valence-electron chi connectivity index (χ4n) is 6.30. The van der Waals surface area contributed by atoms with Crippen LogP contribution in [0.5, 0.6) is 0 Å². The van der Waals surface area contributed by atoms with Crippen LogP contribution in [0, 0.1) is 22.7 Å². The van der Waals surface area contributed by atoms with Crippen LogP contribution in [0.3, 0.4) is 0 Å². The van der Waals surface area contributed by atoms with E-state index in [1.54, 1.807) is 0 Å². The van der Waals surface area contributed by atoms with Crippen LogP contribution in [0.1, 0.15) is 83.5 Å². The zero-order chi connectivity index (χ0) is 18.3. The van der Waals surface area contributed by atoms with Crippen LogP contribution in [-0.4, -0.2) is 32.4 Å². The summed E-state index contributed by atoms with van der Waals surface area (Å²) < 4.78 is 23.4. The van der Waals surface area contributed by atoms with E-state index in [9.17, 15) is 13.2 Å². The van der Waals surface area contributed by atoms with E-state index in [0.717, 1.165) is 18.9 Å². The smallest absolute Gasteiger partial charge is 0.223 e. The summed E-state index contributed by atoms with van der Waals surface area (Å²) in [6, 6.07) is 0. The van der Waals surface area contributed by atoms with Crippen molar-refractivity contribution >= 4 is 15.7 Å². The predicted molar refractivity (Wildman–Crippen MR) is 104 cm³/mol. The highest BCUT2D eigenvalue weighted by molar-refractivity contribution is 7.91. The van der Waals surface area contributed by atoms with Crippen LogP contribution < -0.4 is 5.32 Å². The van der Waals surface area contributed by atoms with Gasteiger partial charge in [-0.15, -0.1) is 0 Å². The monoisotopic (exact) mass is 381 g/mol. The quantitative estimate of drug-likeness (QED) is 0.804. The van der Waals surface area contributed by atoms with Crippen LogP contribution in [0.15, 0.2) is 0 Å². The van der Waals surface area contributed by atoms with Crippen LogP contribution in [-0.2, 0) is 14.6 Å². The Balaban J connectivity index is 1.35. The summed E-state index contributed by atoms with van der Waals surface area (Å²) in [6.45, 7) is 0.862. The van der Waals surface area contributed by atoms with Crippen molar-refractivity contribution in [2.24, 2.45) is 22.7 Å². The Labute approximate surface area is 158 Å². The first-order chi connectivity index (χ1) is 12.4. The average molecular weight is 382 g/mol.